The predicted molar refractivity (Wildman–Crippen MR) is 113 cm³/mol. The van der Waals surface area contributed by atoms with Crippen LogP contribution in [0.1, 0.15) is 6.92 Å². The van der Waals surface area contributed by atoms with Crippen LogP contribution in [0, 0.1) is 0 Å². The molecule has 158 valence electrons. The summed E-state index contributed by atoms with van der Waals surface area (Å²) in [6.45, 7) is 2.26. The van der Waals surface area contributed by atoms with Gasteiger partial charge in [0.25, 0.3) is 5.56 Å². The van der Waals surface area contributed by atoms with Gasteiger partial charge in [0.05, 0.1) is 18.5 Å². The molecule has 31 heavy (non-hydrogen) atoms. The van der Waals surface area contributed by atoms with Gasteiger partial charge >= 0.3 is 5.97 Å². The molecule has 0 radical (unpaired) electrons. The van der Waals surface area contributed by atoms with Crippen LogP contribution in [-0.2, 0) is 4.79 Å². The Kier molecular flexibility index (Phi) is 5.37. The molecule has 0 aliphatic carbocycles. The fourth-order valence-corrected chi connectivity index (χ4v) is 3.09. The van der Waals surface area contributed by atoms with Gasteiger partial charge in [-0.15, -0.1) is 0 Å². The first-order valence-electron chi connectivity index (χ1n) is 9.42. The third kappa shape index (κ3) is 4.09. The largest absolute Gasteiger partial charge is 0.493 e. The van der Waals surface area contributed by atoms with Crippen LogP contribution in [0.2, 0.25) is 0 Å². The van der Waals surface area contributed by atoms with Gasteiger partial charge in [0.1, 0.15) is 17.3 Å². The van der Waals surface area contributed by atoms with Crippen LogP contribution in [0.25, 0.3) is 33.7 Å². The van der Waals surface area contributed by atoms with Crippen molar-refractivity contribution in [1.29, 1.82) is 0 Å². The number of nitrogens with one attached hydrogen (secondary N) is 2. The molecule has 0 amide bonds. The highest BCUT2D eigenvalue weighted by molar-refractivity contribution is 5.77. The van der Waals surface area contributed by atoms with Crippen LogP contribution < -0.4 is 20.8 Å². The van der Waals surface area contributed by atoms with Crippen LogP contribution in [0.4, 0.5) is 0 Å². The van der Waals surface area contributed by atoms with E-state index >= 15 is 0 Å². The number of benzene rings is 2. The van der Waals surface area contributed by atoms with Gasteiger partial charge in [0.15, 0.2) is 11.2 Å². The molecule has 0 bridgehead atoms. The average molecular weight is 421 g/mol. The topological polar surface area (TPSA) is 156 Å². The summed E-state index contributed by atoms with van der Waals surface area (Å²) < 4.78 is 11.0. The van der Waals surface area contributed by atoms with Gasteiger partial charge in [-0.25, -0.2) is 14.8 Å². The lowest BCUT2D eigenvalue weighted by atomic mass is 10.0. The summed E-state index contributed by atoms with van der Waals surface area (Å²) in [7, 11) is 0. The summed E-state index contributed by atoms with van der Waals surface area (Å²) in [4.78, 5) is 37.2. The maximum atomic E-state index is 12.3. The van der Waals surface area contributed by atoms with Crippen molar-refractivity contribution < 1.29 is 19.4 Å². The second kappa shape index (κ2) is 8.28. The van der Waals surface area contributed by atoms with Gasteiger partial charge in [-0.2, -0.15) is 0 Å². The first-order valence-corrected chi connectivity index (χ1v) is 9.42. The number of nitrogens with two attached hydrogens (primary N) is 1. The highest BCUT2D eigenvalue weighted by atomic mass is 16.5. The van der Waals surface area contributed by atoms with E-state index in [2.05, 4.69) is 19.9 Å². The molecular weight excluding hydrogens is 402 g/mol. The summed E-state index contributed by atoms with van der Waals surface area (Å²) in [6, 6.07) is 12.3. The van der Waals surface area contributed by atoms with Crippen LogP contribution in [0.3, 0.4) is 0 Å². The third-order valence-electron chi connectivity index (χ3n) is 4.51. The Morgan fingerprint density at radius 1 is 1.23 bits per heavy atom. The van der Waals surface area contributed by atoms with Gasteiger partial charge in [0, 0.05) is 0 Å². The fraction of sp³-hybridized carbons (Fsp3) is 0.143. The molecule has 2 aromatic carbocycles. The van der Waals surface area contributed by atoms with Crippen molar-refractivity contribution in [2.24, 2.45) is 5.73 Å². The Labute approximate surface area is 175 Å². The molecule has 4 aromatic rings. The third-order valence-corrected chi connectivity index (χ3v) is 4.51. The Balaban J connectivity index is 1.74. The number of hydrogen-bond donors (Lipinski definition) is 4. The summed E-state index contributed by atoms with van der Waals surface area (Å²) >= 11 is 0. The van der Waals surface area contributed by atoms with Crippen molar-refractivity contribution in [3.8, 4) is 34.0 Å². The summed E-state index contributed by atoms with van der Waals surface area (Å²) in [5.74, 6) is -0.0797. The van der Waals surface area contributed by atoms with E-state index < -0.39 is 12.2 Å². The zero-order valence-corrected chi connectivity index (χ0v) is 16.5. The van der Waals surface area contributed by atoms with Crippen LogP contribution in [0.15, 0.2) is 53.6 Å². The van der Waals surface area contributed by atoms with Gasteiger partial charge in [-0.05, 0) is 42.3 Å². The molecule has 0 aliphatic rings. The number of hydrogen-bond acceptors (Lipinski definition) is 7. The molecule has 4 rings (SSSR count). The molecule has 5 N–H and O–H groups in total. The number of fused-ring (bicyclic) bond motifs is 1. The number of carboxylic acids is 1. The number of nitrogens with zero attached hydrogens (tertiary/aromatic N) is 2. The molecule has 0 saturated carbocycles. The average Bonchev–Trinajstić information content (AvgIpc) is 3.23. The molecule has 2 aromatic heterocycles. The standard InChI is InChI=1S/C21H19N5O5/c1-2-30-15-9-12(11-4-3-5-13(8-11)31-17(22)21(28)29)6-7-14(15)18-25-19-16(20(27)26-18)23-10-24-19/h3-10,17H,2,22H2,1H3,(H,28,29)(H2,23,24,25,26,27)/t17-/m1/s1. The Morgan fingerprint density at radius 3 is 2.81 bits per heavy atom. The first-order chi connectivity index (χ1) is 15.0. The molecule has 0 spiro atoms. The normalized spacial score (nSPS) is 11.9. The van der Waals surface area contributed by atoms with E-state index in [0.29, 0.717) is 40.7 Å². The number of carbonyl (C=O) groups is 1. The summed E-state index contributed by atoms with van der Waals surface area (Å²) in [6.07, 6.45) is -0.0503. The van der Waals surface area contributed by atoms with Gasteiger partial charge in [-0.3, -0.25) is 10.5 Å². The Hall–Kier alpha value is -4.18. The van der Waals surface area contributed by atoms with E-state index in [4.69, 9.17) is 20.3 Å². The molecule has 0 unspecified atom stereocenters. The van der Waals surface area contributed by atoms with Crippen LogP contribution in [-0.4, -0.2) is 43.8 Å². The van der Waals surface area contributed by atoms with E-state index in [1.54, 1.807) is 24.3 Å². The van der Waals surface area contributed by atoms with Crippen molar-refractivity contribution in [2.75, 3.05) is 6.61 Å². The molecule has 0 saturated heterocycles. The highest BCUT2D eigenvalue weighted by Gasteiger charge is 2.16. The summed E-state index contributed by atoms with van der Waals surface area (Å²) in [5.41, 5.74) is 7.90. The fourth-order valence-electron chi connectivity index (χ4n) is 3.09. The minimum absolute atomic E-state index is 0.301. The lowest BCUT2D eigenvalue weighted by Gasteiger charge is -2.14. The van der Waals surface area contributed by atoms with Gasteiger partial charge in [0.2, 0.25) is 6.23 Å². The second-order valence-electron chi connectivity index (χ2n) is 6.56. The number of rotatable bonds is 7. The zero-order valence-electron chi connectivity index (χ0n) is 16.5. The number of aromatic amines is 2. The number of aliphatic carboxylic acids is 1. The van der Waals surface area contributed by atoms with Crippen molar-refractivity contribution in [1.82, 2.24) is 19.9 Å². The number of imidazole rings is 1. The molecular formula is C21H19N5O5. The van der Waals surface area contributed by atoms with Crippen LogP contribution >= 0.6 is 0 Å². The Bertz CT molecular complexity index is 1310. The SMILES string of the molecule is CCOc1cc(-c2cccc(O[C@@H](N)C(=O)O)c2)ccc1-c1nc2nc[nH]c2c(=O)[nH]1. The van der Waals surface area contributed by atoms with Gasteiger partial charge < -0.3 is 24.5 Å². The monoisotopic (exact) mass is 421 g/mol. The van der Waals surface area contributed by atoms with E-state index in [0.717, 1.165) is 11.1 Å². The summed E-state index contributed by atoms with van der Waals surface area (Å²) in [5, 5.41) is 8.93. The van der Waals surface area contributed by atoms with Crippen molar-refractivity contribution in [2.45, 2.75) is 13.2 Å². The minimum atomic E-state index is -1.46. The highest BCUT2D eigenvalue weighted by Crippen LogP contribution is 2.34. The number of aromatic nitrogens is 4. The number of carboxylic acid groups (broad SMARTS) is 1. The molecule has 0 fully saturated rings. The maximum absolute atomic E-state index is 12.3. The molecule has 0 aliphatic heterocycles. The van der Waals surface area contributed by atoms with Crippen molar-refractivity contribution in [3.63, 3.8) is 0 Å². The maximum Gasteiger partial charge on any atom is 0.360 e. The predicted octanol–water partition coefficient (Wildman–Crippen LogP) is 2.13. The first kappa shape index (κ1) is 20.1. The van der Waals surface area contributed by atoms with Gasteiger partial charge in [-0.1, -0.05) is 18.2 Å². The van der Waals surface area contributed by atoms with Crippen molar-refractivity contribution >= 4 is 17.1 Å². The minimum Gasteiger partial charge on any atom is -0.493 e. The lowest BCUT2D eigenvalue weighted by Crippen LogP contribution is -2.35. The quantitative estimate of drug-likeness (QED) is 0.331. The van der Waals surface area contributed by atoms with Crippen molar-refractivity contribution in [3.05, 3.63) is 59.1 Å². The number of ether oxygens (including phenoxy) is 2. The Morgan fingerprint density at radius 2 is 2.03 bits per heavy atom. The smallest absolute Gasteiger partial charge is 0.360 e. The molecule has 2 heterocycles. The van der Waals surface area contributed by atoms with E-state index in [1.165, 1.54) is 6.33 Å². The molecule has 1 atom stereocenters. The van der Waals surface area contributed by atoms with Crippen LogP contribution in [0.5, 0.6) is 11.5 Å². The second-order valence-corrected chi connectivity index (χ2v) is 6.56. The van der Waals surface area contributed by atoms with E-state index in [-0.39, 0.29) is 5.56 Å². The van der Waals surface area contributed by atoms with E-state index in [9.17, 15) is 9.59 Å². The molecule has 10 nitrogen and oxygen atoms in total. The molecule has 10 heteroatoms. The van der Waals surface area contributed by atoms with E-state index in [1.807, 2.05) is 25.1 Å². The number of H-pyrrole nitrogens is 2. The zero-order chi connectivity index (χ0) is 22.0. The lowest BCUT2D eigenvalue weighted by molar-refractivity contribution is -0.144.